The Labute approximate surface area is 255 Å². The molecule has 0 aliphatic heterocycles. The first-order chi connectivity index (χ1) is 21.8. The first kappa shape index (κ1) is 28.2. The minimum atomic E-state index is -0.708. The van der Waals surface area contributed by atoms with Crippen molar-refractivity contribution >= 4 is 39.9 Å². The highest BCUT2D eigenvalue weighted by Crippen LogP contribution is 2.41. The molecule has 1 N–H and O–H groups in total. The number of amides is 2. The highest BCUT2D eigenvalue weighted by molar-refractivity contribution is 6.12. The van der Waals surface area contributed by atoms with Crippen LogP contribution in [0.4, 0.5) is 14.8 Å². The molecule has 0 radical (unpaired) electrons. The Morgan fingerprint density at radius 2 is 1.78 bits per heavy atom. The third-order valence-electron chi connectivity index (χ3n) is 7.94. The number of aryl methyl sites for hydroxylation is 1. The van der Waals surface area contributed by atoms with Crippen LogP contribution in [-0.2, 0) is 0 Å². The monoisotopic (exact) mass is 608 g/mol. The van der Waals surface area contributed by atoms with Crippen molar-refractivity contribution < 1.29 is 31.9 Å². The minimum Gasteiger partial charge on any atom is -0.496 e. The van der Waals surface area contributed by atoms with E-state index in [0.717, 1.165) is 12.8 Å². The van der Waals surface area contributed by atoms with E-state index in [9.17, 15) is 14.0 Å². The lowest BCUT2D eigenvalue weighted by Gasteiger charge is -2.21. The largest absolute Gasteiger partial charge is 0.496 e. The van der Waals surface area contributed by atoms with Crippen LogP contribution < -0.4 is 15.0 Å². The predicted molar refractivity (Wildman–Crippen MR) is 163 cm³/mol. The third kappa shape index (κ3) is 4.76. The van der Waals surface area contributed by atoms with Gasteiger partial charge in [-0.05, 0) is 85.5 Å². The number of pyridine rings is 1. The number of hydrogen-bond acceptors (Lipinski definition) is 7. The van der Waals surface area contributed by atoms with Crippen molar-refractivity contribution in [3.63, 3.8) is 0 Å². The SMILES string of the molecule is CNC(=O)c1c(-c2ccc(F)cc2)oc2ccc(-c3cc(C(=O)N(c4nc5ccncc5o4)C4CC4)c(OC)cc3C)c(F)c12. The van der Waals surface area contributed by atoms with Crippen LogP contribution in [0.5, 0.6) is 5.75 Å². The fraction of sp³-hybridized carbons (Fsp3) is 0.176. The van der Waals surface area contributed by atoms with Crippen LogP contribution >= 0.6 is 0 Å². The maximum atomic E-state index is 16.6. The lowest BCUT2D eigenvalue weighted by atomic mass is 9.94. The summed E-state index contributed by atoms with van der Waals surface area (Å²) in [6.45, 7) is 1.78. The summed E-state index contributed by atoms with van der Waals surface area (Å²) in [5.74, 6) is -1.74. The summed E-state index contributed by atoms with van der Waals surface area (Å²) in [7, 11) is 2.89. The zero-order valence-electron chi connectivity index (χ0n) is 24.5. The Kier molecular flexibility index (Phi) is 6.80. The number of oxazole rings is 1. The van der Waals surface area contributed by atoms with Crippen molar-refractivity contribution in [2.24, 2.45) is 0 Å². The lowest BCUT2D eigenvalue weighted by molar-refractivity contribution is 0.0960. The van der Waals surface area contributed by atoms with E-state index >= 15 is 4.39 Å². The lowest BCUT2D eigenvalue weighted by Crippen LogP contribution is -2.33. The van der Waals surface area contributed by atoms with Gasteiger partial charge in [-0.3, -0.25) is 19.5 Å². The number of furan rings is 1. The number of rotatable bonds is 7. The molecular weight excluding hydrogens is 582 g/mol. The fourth-order valence-corrected chi connectivity index (χ4v) is 5.55. The van der Waals surface area contributed by atoms with E-state index in [1.165, 1.54) is 49.5 Å². The second-order valence-corrected chi connectivity index (χ2v) is 10.8. The van der Waals surface area contributed by atoms with Gasteiger partial charge in [0.1, 0.15) is 34.2 Å². The van der Waals surface area contributed by atoms with Crippen molar-refractivity contribution in [2.75, 3.05) is 19.1 Å². The second kappa shape index (κ2) is 10.8. The number of ether oxygens (including phenoxy) is 1. The number of benzene rings is 3. The van der Waals surface area contributed by atoms with Crippen LogP contribution in [0.2, 0.25) is 0 Å². The van der Waals surface area contributed by atoms with Crippen molar-refractivity contribution in [1.29, 1.82) is 0 Å². The van der Waals surface area contributed by atoms with Gasteiger partial charge in [-0.1, -0.05) is 0 Å². The predicted octanol–water partition coefficient (Wildman–Crippen LogP) is 7.07. The number of aromatic nitrogens is 2. The van der Waals surface area contributed by atoms with E-state index in [1.807, 2.05) is 0 Å². The van der Waals surface area contributed by atoms with Crippen LogP contribution in [0.1, 0.15) is 39.1 Å². The molecule has 7 rings (SSSR count). The van der Waals surface area contributed by atoms with Gasteiger partial charge in [0.05, 0.1) is 29.8 Å². The molecule has 9 nitrogen and oxygen atoms in total. The average molecular weight is 609 g/mol. The minimum absolute atomic E-state index is 0.0220. The molecule has 3 aromatic carbocycles. The maximum Gasteiger partial charge on any atom is 0.305 e. The van der Waals surface area contributed by atoms with Crippen molar-refractivity contribution in [2.45, 2.75) is 25.8 Å². The number of anilines is 1. The number of carbonyl (C=O) groups excluding carboxylic acids is 2. The fourth-order valence-electron chi connectivity index (χ4n) is 5.55. The number of nitrogens with one attached hydrogen (secondary N) is 1. The molecule has 0 spiro atoms. The summed E-state index contributed by atoms with van der Waals surface area (Å²) in [5, 5.41) is 2.51. The molecule has 0 bridgehead atoms. The molecule has 1 saturated carbocycles. The summed E-state index contributed by atoms with van der Waals surface area (Å²) in [6.07, 6.45) is 4.68. The summed E-state index contributed by atoms with van der Waals surface area (Å²) >= 11 is 0. The van der Waals surface area contributed by atoms with Gasteiger partial charge < -0.3 is 18.9 Å². The van der Waals surface area contributed by atoms with Crippen molar-refractivity contribution in [1.82, 2.24) is 15.3 Å². The number of fused-ring (bicyclic) bond motifs is 2. The van der Waals surface area contributed by atoms with Crippen molar-refractivity contribution in [3.8, 4) is 28.2 Å². The molecule has 1 aliphatic rings. The highest BCUT2D eigenvalue weighted by atomic mass is 19.1. The second-order valence-electron chi connectivity index (χ2n) is 10.8. The molecule has 3 aromatic heterocycles. The number of carbonyl (C=O) groups is 2. The van der Waals surface area contributed by atoms with Gasteiger partial charge in [0.25, 0.3) is 11.8 Å². The number of nitrogens with zero attached hydrogens (tertiary/aromatic N) is 3. The Hall–Kier alpha value is -5.58. The zero-order chi connectivity index (χ0) is 31.4. The highest BCUT2D eigenvalue weighted by Gasteiger charge is 2.39. The summed E-state index contributed by atoms with van der Waals surface area (Å²) in [4.78, 5) is 37.4. The molecule has 45 heavy (non-hydrogen) atoms. The van der Waals surface area contributed by atoms with Crippen LogP contribution in [0, 0.1) is 18.6 Å². The molecule has 0 unspecified atom stereocenters. The van der Waals surface area contributed by atoms with Crippen LogP contribution in [0.3, 0.4) is 0 Å². The molecule has 0 saturated heterocycles. The van der Waals surface area contributed by atoms with Crippen LogP contribution in [0.25, 0.3) is 44.5 Å². The van der Waals surface area contributed by atoms with Gasteiger partial charge in [-0.2, -0.15) is 4.98 Å². The van der Waals surface area contributed by atoms with Crippen LogP contribution in [-0.4, -0.2) is 42.0 Å². The average Bonchev–Trinajstić information content (AvgIpc) is 3.65. The summed E-state index contributed by atoms with van der Waals surface area (Å²) < 4.78 is 47.7. The van der Waals surface area contributed by atoms with Crippen LogP contribution in [0.15, 0.2) is 75.8 Å². The standard InChI is InChI=1S/C34H26F2N4O5/c1-17-14-26(43-3)23(33(42)40(20-8-9-20)34-39-24-12-13-38-16-27(24)45-34)15-22(17)21-10-11-25-28(30(21)36)29(32(41)37-2)31(44-25)18-4-6-19(35)7-5-18/h4-7,10-16,20H,8-9H2,1-3H3,(H,37,41). The summed E-state index contributed by atoms with van der Waals surface area (Å²) in [6, 6.07) is 13.5. The third-order valence-corrected chi connectivity index (χ3v) is 7.94. The number of hydrogen-bond donors (Lipinski definition) is 1. The Bertz CT molecular complexity index is 2100. The van der Waals surface area contributed by atoms with E-state index in [0.29, 0.717) is 33.5 Å². The summed E-state index contributed by atoms with van der Waals surface area (Å²) in [5.41, 5.74) is 2.95. The molecule has 226 valence electrons. The molecular formula is C34H26F2N4O5. The maximum absolute atomic E-state index is 16.6. The first-order valence-electron chi connectivity index (χ1n) is 14.2. The quantitative estimate of drug-likeness (QED) is 0.206. The van der Waals surface area contributed by atoms with Gasteiger partial charge in [0.2, 0.25) is 0 Å². The molecule has 11 heteroatoms. The Balaban J connectivity index is 1.38. The Morgan fingerprint density at radius 3 is 2.47 bits per heavy atom. The van der Waals surface area contributed by atoms with Crippen molar-refractivity contribution in [3.05, 3.63) is 95.3 Å². The molecule has 1 fully saturated rings. The van der Waals surface area contributed by atoms with E-state index in [2.05, 4.69) is 15.3 Å². The topological polar surface area (TPSA) is 111 Å². The van der Waals surface area contributed by atoms with E-state index in [4.69, 9.17) is 13.6 Å². The van der Waals surface area contributed by atoms with Gasteiger partial charge in [0, 0.05) is 30.4 Å². The number of halogens is 2. The zero-order valence-corrected chi connectivity index (χ0v) is 24.5. The molecule has 3 heterocycles. The molecule has 6 aromatic rings. The normalized spacial score (nSPS) is 12.9. The van der Waals surface area contributed by atoms with E-state index in [1.54, 1.807) is 43.5 Å². The van der Waals surface area contributed by atoms with Gasteiger partial charge in [-0.15, -0.1) is 0 Å². The molecule has 2 amide bonds. The van der Waals surface area contributed by atoms with Gasteiger partial charge >= 0.3 is 6.01 Å². The van der Waals surface area contributed by atoms with Gasteiger partial charge in [-0.25, -0.2) is 8.78 Å². The van der Waals surface area contributed by atoms with E-state index < -0.39 is 23.4 Å². The Morgan fingerprint density at radius 1 is 1.00 bits per heavy atom. The molecule has 0 atom stereocenters. The first-order valence-corrected chi connectivity index (χ1v) is 14.2. The number of methoxy groups -OCH3 is 1. The molecule has 1 aliphatic carbocycles. The van der Waals surface area contributed by atoms with Gasteiger partial charge in [0.15, 0.2) is 5.58 Å². The smallest absolute Gasteiger partial charge is 0.305 e. The van der Waals surface area contributed by atoms with E-state index in [-0.39, 0.29) is 45.5 Å².